The van der Waals surface area contributed by atoms with E-state index in [4.69, 9.17) is 18.9 Å². The van der Waals surface area contributed by atoms with Crippen LogP contribution >= 0.6 is 0 Å². The van der Waals surface area contributed by atoms with Crippen LogP contribution in [0.3, 0.4) is 0 Å². The van der Waals surface area contributed by atoms with Crippen molar-refractivity contribution in [2.45, 2.75) is 26.1 Å². The molecule has 0 radical (unpaired) electrons. The van der Waals surface area contributed by atoms with Gasteiger partial charge in [-0.05, 0) is 19.9 Å². The molecule has 1 atom stereocenters. The molecule has 1 aromatic rings. The molecule has 1 aromatic carbocycles. The molecule has 6 nitrogen and oxygen atoms in total. The molecule has 1 aliphatic heterocycles. The summed E-state index contributed by atoms with van der Waals surface area (Å²) in [5.41, 5.74) is 0.353. The normalized spacial score (nSPS) is 14.4. The van der Waals surface area contributed by atoms with Crippen LogP contribution in [0.25, 0.3) is 0 Å². The summed E-state index contributed by atoms with van der Waals surface area (Å²) < 4.78 is 21.1. The first kappa shape index (κ1) is 14.6. The Labute approximate surface area is 117 Å². The summed E-state index contributed by atoms with van der Waals surface area (Å²) in [6, 6.07) is 3.14. The van der Waals surface area contributed by atoms with Crippen LogP contribution in [-0.4, -0.2) is 43.6 Å². The maximum absolute atomic E-state index is 11.0. The average Bonchev–Trinajstić information content (AvgIpc) is 2.88. The molecule has 0 spiro atoms. The smallest absolute Gasteiger partial charge is 0.231 e. The topological polar surface area (TPSA) is 74.2 Å². The number of rotatable bonds is 7. The number of fused-ring (bicyclic) bond motifs is 1. The fourth-order valence-corrected chi connectivity index (χ4v) is 1.69. The number of aliphatic hydroxyl groups is 1. The second-order valence-electron chi connectivity index (χ2n) is 4.71. The minimum atomic E-state index is -0.762. The monoisotopic (exact) mass is 282 g/mol. The van der Waals surface area contributed by atoms with Gasteiger partial charge >= 0.3 is 0 Å². The quantitative estimate of drug-likeness (QED) is 0.762. The van der Waals surface area contributed by atoms with Gasteiger partial charge in [0.2, 0.25) is 6.79 Å². The Morgan fingerprint density at radius 2 is 2.00 bits per heavy atom. The summed E-state index contributed by atoms with van der Waals surface area (Å²) in [6.45, 7) is 4.11. The van der Waals surface area contributed by atoms with Crippen molar-refractivity contribution in [3.63, 3.8) is 0 Å². The van der Waals surface area contributed by atoms with Gasteiger partial charge in [0.15, 0.2) is 17.8 Å². The predicted molar refractivity (Wildman–Crippen MR) is 70.5 cm³/mol. The lowest BCUT2D eigenvalue weighted by Crippen LogP contribution is -2.25. The number of aliphatic hydroxyl groups excluding tert-OH is 1. The molecule has 110 valence electrons. The summed E-state index contributed by atoms with van der Waals surface area (Å²) in [5.74, 6) is 1.40. The van der Waals surface area contributed by atoms with Crippen LogP contribution in [0.15, 0.2) is 12.1 Å². The van der Waals surface area contributed by atoms with Crippen molar-refractivity contribution < 1.29 is 28.8 Å². The standard InChI is InChI=1S/C14H18O6/c1-9(2)17-6-11(16)7-18-12-4-14-13(19-8-20-14)3-10(12)5-15/h3-5,9,11,16H,6-8H2,1-2H3. The molecule has 1 aliphatic rings. The van der Waals surface area contributed by atoms with Crippen LogP contribution in [0, 0.1) is 0 Å². The third-order valence-electron chi connectivity index (χ3n) is 2.69. The maximum atomic E-state index is 11.0. The fourth-order valence-electron chi connectivity index (χ4n) is 1.69. The van der Waals surface area contributed by atoms with Gasteiger partial charge in [0.05, 0.1) is 18.3 Å². The van der Waals surface area contributed by atoms with E-state index in [-0.39, 0.29) is 26.1 Å². The number of carbonyl (C=O) groups is 1. The van der Waals surface area contributed by atoms with Crippen molar-refractivity contribution in [1.82, 2.24) is 0 Å². The number of hydrogen-bond donors (Lipinski definition) is 1. The third-order valence-corrected chi connectivity index (χ3v) is 2.69. The van der Waals surface area contributed by atoms with Crippen LogP contribution in [0.1, 0.15) is 24.2 Å². The first-order valence-electron chi connectivity index (χ1n) is 6.41. The Kier molecular flexibility index (Phi) is 4.81. The molecule has 1 N–H and O–H groups in total. The largest absolute Gasteiger partial charge is 0.490 e. The minimum Gasteiger partial charge on any atom is -0.490 e. The van der Waals surface area contributed by atoms with Crippen LogP contribution < -0.4 is 14.2 Å². The summed E-state index contributed by atoms with van der Waals surface area (Å²) in [5, 5.41) is 9.72. The van der Waals surface area contributed by atoms with E-state index in [0.717, 1.165) is 0 Å². The SMILES string of the molecule is CC(C)OCC(O)COc1cc2c(cc1C=O)OCO2. The lowest BCUT2D eigenvalue weighted by atomic mass is 10.2. The lowest BCUT2D eigenvalue weighted by molar-refractivity contribution is -0.0123. The zero-order chi connectivity index (χ0) is 14.5. The number of hydrogen-bond acceptors (Lipinski definition) is 6. The average molecular weight is 282 g/mol. The van der Waals surface area contributed by atoms with Gasteiger partial charge in [-0.2, -0.15) is 0 Å². The Morgan fingerprint density at radius 1 is 1.30 bits per heavy atom. The lowest BCUT2D eigenvalue weighted by Gasteiger charge is -2.15. The summed E-state index contributed by atoms with van der Waals surface area (Å²) >= 11 is 0. The molecule has 0 bridgehead atoms. The summed E-state index contributed by atoms with van der Waals surface area (Å²) in [4.78, 5) is 11.0. The Hall–Kier alpha value is -1.79. The highest BCUT2D eigenvalue weighted by molar-refractivity contribution is 5.81. The van der Waals surface area contributed by atoms with E-state index in [1.807, 2.05) is 13.8 Å². The van der Waals surface area contributed by atoms with Gasteiger partial charge in [-0.3, -0.25) is 4.79 Å². The molecule has 0 fully saturated rings. The van der Waals surface area contributed by atoms with Crippen molar-refractivity contribution in [2.24, 2.45) is 0 Å². The molecule has 0 aromatic heterocycles. The molecule has 1 unspecified atom stereocenters. The number of aldehydes is 1. The van der Waals surface area contributed by atoms with Gasteiger partial charge in [0.25, 0.3) is 0 Å². The van der Waals surface area contributed by atoms with Gasteiger partial charge in [-0.15, -0.1) is 0 Å². The van der Waals surface area contributed by atoms with E-state index in [1.165, 1.54) is 0 Å². The highest BCUT2D eigenvalue weighted by Gasteiger charge is 2.18. The Morgan fingerprint density at radius 3 is 2.65 bits per heavy atom. The van der Waals surface area contributed by atoms with Crippen LogP contribution in [-0.2, 0) is 4.74 Å². The number of carbonyl (C=O) groups excluding carboxylic acids is 1. The van der Waals surface area contributed by atoms with Crippen molar-refractivity contribution in [3.8, 4) is 17.2 Å². The summed E-state index contributed by atoms with van der Waals surface area (Å²) in [6.07, 6.45) is -0.0445. The van der Waals surface area contributed by atoms with E-state index in [0.29, 0.717) is 29.1 Å². The molecular formula is C14H18O6. The molecule has 0 amide bonds. The van der Waals surface area contributed by atoms with Crippen LogP contribution in [0.4, 0.5) is 0 Å². The number of benzene rings is 1. The molecule has 20 heavy (non-hydrogen) atoms. The van der Waals surface area contributed by atoms with Gasteiger partial charge in [0.1, 0.15) is 18.5 Å². The Bertz CT molecular complexity index is 471. The minimum absolute atomic E-state index is 0.0349. The predicted octanol–water partition coefficient (Wildman–Crippen LogP) is 1.39. The number of ether oxygens (including phenoxy) is 4. The Balaban J connectivity index is 1.97. The van der Waals surface area contributed by atoms with Crippen molar-refractivity contribution >= 4 is 6.29 Å². The van der Waals surface area contributed by atoms with Gasteiger partial charge < -0.3 is 24.1 Å². The second-order valence-corrected chi connectivity index (χ2v) is 4.71. The molecule has 1 heterocycles. The van der Waals surface area contributed by atoms with Gasteiger partial charge in [-0.1, -0.05) is 0 Å². The zero-order valence-electron chi connectivity index (χ0n) is 11.5. The third kappa shape index (κ3) is 3.61. The first-order valence-corrected chi connectivity index (χ1v) is 6.41. The molecule has 2 rings (SSSR count). The summed E-state index contributed by atoms with van der Waals surface area (Å²) in [7, 11) is 0. The van der Waals surface area contributed by atoms with Crippen molar-refractivity contribution in [2.75, 3.05) is 20.0 Å². The molecule has 6 heteroatoms. The maximum Gasteiger partial charge on any atom is 0.231 e. The molecular weight excluding hydrogens is 264 g/mol. The first-order chi connectivity index (χ1) is 9.60. The molecule has 0 saturated carbocycles. The van der Waals surface area contributed by atoms with Crippen LogP contribution in [0.5, 0.6) is 17.2 Å². The van der Waals surface area contributed by atoms with E-state index in [9.17, 15) is 9.90 Å². The molecule has 0 saturated heterocycles. The van der Waals surface area contributed by atoms with Gasteiger partial charge in [-0.25, -0.2) is 0 Å². The van der Waals surface area contributed by atoms with Crippen LogP contribution in [0.2, 0.25) is 0 Å². The van der Waals surface area contributed by atoms with E-state index < -0.39 is 6.10 Å². The second kappa shape index (κ2) is 6.58. The zero-order valence-corrected chi connectivity index (χ0v) is 11.5. The van der Waals surface area contributed by atoms with Crippen molar-refractivity contribution in [3.05, 3.63) is 17.7 Å². The highest BCUT2D eigenvalue weighted by atomic mass is 16.7. The van der Waals surface area contributed by atoms with E-state index in [1.54, 1.807) is 12.1 Å². The van der Waals surface area contributed by atoms with Gasteiger partial charge in [0, 0.05) is 6.07 Å². The van der Waals surface area contributed by atoms with Crippen molar-refractivity contribution in [1.29, 1.82) is 0 Å². The molecule has 0 aliphatic carbocycles. The van der Waals surface area contributed by atoms with E-state index >= 15 is 0 Å². The highest BCUT2D eigenvalue weighted by Crippen LogP contribution is 2.37. The van der Waals surface area contributed by atoms with E-state index in [2.05, 4.69) is 0 Å². The fraction of sp³-hybridized carbons (Fsp3) is 0.500.